The molecule has 0 aromatic heterocycles. The van der Waals surface area contributed by atoms with Gasteiger partial charge in [0.05, 0.1) is 0 Å². The zero-order chi connectivity index (χ0) is 17.3. The number of carbonyl (C=O) groups excluding carboxylic acids is 1. The fourth-order valence-corrected chi connectivity index (χ4v) is 3.04. The zero-order valence-corrected chi connectivity index (χ0v) is 14.7. The van der Waals surface area contributed by atoms with Crippen molar-refractivity contribution in [2.75, 3.05) is 0 Å². The Hall–Kier alpha value is -1.97. The second-order valence-corrected chi connectivity index (χ2v) is 7.80. The Balaban J connectivity index is 2.11. The Morgan fingerprint density at radius 1 is 1.30 bits per heavy atom. The van der Waals surface area contributed by atoms with Gasteiger partial charge in [-0.3, -0.25) is 0 Å². The molecule has 1 aliphatic rings. The first kappa shape index (κ1) is 17.4. The van der Waals surface area contributed by atoms with Gasteiger partial charge in [-0.15, -0.1) is 0 Å². The normalized spacial score (nSPS) is 27.8. The van der Waals surface area contributed by atoms with Gasteiger partial charge in [-0.25, -0.2) is 4.79 Å². The molecule has 1 aliphatic heterocycles. The van der Waals surface area contributed by atoms with Crippen molar-refractivity contribution in [3.8, 4) is 5.75 Å². The van der Waals surface area contributed by atoms with E-state index >= 15 is 0 Å². The van der Waals surface area contributed by atoms with Gasteiger partial charge in [0.15, 0.2) is 0 Å². The Kier molecular flexibility index (Phi) is 4.47. The summed E-state index contributed by atoms with van der Waals surface area (Å²) in [6, 6.07) is 8.02. The lowest BCUT2D eigenvalue weighted by Gasteiger charge is -2.43. The van der Waals surface area contributed by atoms with Crippen molar-refractivity contribution < 1.29 is 14.3 Å². The molecule has 0 radical (unpaired) electrons. The first-order valence-corrected chi connectivity index (χ1v) is 7.95. The van der Waals surface area contributed by atoms with E-state index in [1.165, 1.54) is 0 Å². The number of nitrogens with one attached hydrogen (secondary N) is 1. The summed E-state index contributed by atoms with van der Waals surface area (Å²) in [5, 5.41) is 2.94. The first-order chi connectivity index (χ1) is 10.5. The molecular formula is C19H27NO3. The number of rotatable bonds is 4. The summed E-state index contributed by atoms with van der Waals surface area (Å²) in [6.45, 7) is 13.8. The molecular weight excluding hydrogens is 290 g/mol. The highest BCUT2D eigenvalue weighted by molar-refractivity contribution is 5.70. The number of ether oxygens (including phenoxy) is 2. The van der Waals surface area contributed by atoms with E-state index < -0.39 is 11.7 Å². The van der Waals surface area contributed by atoms with Gasteiger partial charge in [0.1, 0.15) is 17.0 Å². The Bertz CT molecular complexity index is 588. The summed E-state index contributed by atoms with van der Waals surface area (Å²) >= 11 is 0. The maximum Gasteiger partial charge on any atom is 0.408 e. The van der Waals surface area contributed by atoms with E-state index in [9.17, 15) is 4.79 Å². The minimum Gasteiger partial charge on any atom is -0.488 e. The molecule has 0 bridgehead atoms. The quantitative estimate of drug-likeness (QED) is 0.845. The van der Waals surface area contributed by atoms with Crippen LogP contribution in [-0.4, -0.2) is 22.8 Å². The summed E-state index contributed by atoms with van der Waals surface area (Å²) in [5.74, 6) is 0.846. The SMILES string of the molecule is C=C[C@]1(C)C[C@](C)(Cc2ccc(OC(C)(C)C)cc2)NC(=O)O1. The average molecular weight is 317 g/mol. The number of amides is 1. The van der Waals surface area contributed by atoms with E-state index in [1.807, 2.05) is 58.9 Å². The number of carbonyl (C=O) groups is 1. The third kappa shape index (κ3) is 4.75. The van der Waals surface area contributed by atoms with E-state index in [0.717, 1.165) is 17.7 Å². The van der Waals surface area contributed by atoms with Crippen LogP contribution in [0.1, 0.15) is 46.6 Å². The molecule has 0 unspecified atom stereocenters. The van der Waals surface area contributed by atoms with Crippen LogP contribution in [0.15, 0.2) is 36.9 Å². The van der Waals surface area contributed by atoms with Crippen LogP contribution in [0.4, 0.5) is 4.79 Å². The molecule has 2 atom stereocenters. The van der Waals surface area contributed by atoms with Crippen molar-refractivity contribution in [1.82, 2.24) is 5.32 Å². The van der Waals surface area contributed by atoms with Crippen LogP contribution in [0.25, 0.3) is 0 Å². The standard InChI is InChI=1S/C19H27NO3/c1-7-19(6)13-18(5,20-16(21)23-19)12-14-8-10-15(11-9-14)22-17(2,3)4/h7-11H,1,12-13H2,2-6H3,(H,20,21)/t18-,19+/m0/s1. The second-order valence-electron chi connectivity index (χ2n) is 7.80. The average Bonchev–Trinajstić information content (AvgIpc) is 2.37. The lowest BCUT2D eigenvalue weighted by atomic mass is 9.81. The lowest BCUT2D eigenvalue weighted by molar-refractivity contribution is -0.000957. The van der Waals surface area contributed by atoms with Gasteiger partial charge in [0, 0.05) is 12.0 Å². The van der Waals surface area contributed by atoms with Crippen LogP contribution >= 0.6 is 0 Å². The Morgan fingerprint density at radius 2 is 1.91 bits per heavy atom. The molecule has 2 rings (SSSR count). The first-order valence-electron chi connectivity index (χ1n) is 7.95. The molecule has 126 valence electrons. The van der Waals surface area contributed by atoms with Crippen LogP contribution in [0.5, 0.6) is 5.75 Å². The van der Waals surface area contributed by atoms with Crippen LogP contribution in [0.3, 0.4) is 0 Å². The highest BCUT2D eigenvalue weighted by atomic mass is 16.6. The van der Waals surface area contributed by atoms with Crippen LogP contribution in [0, 0.1) is 0 Å². The summed E-state index contributed by atoms with van der Waals surface area (Å²) in [4.78, 5) is 11.9. The number of benzene rings is 1. The summed E-state index contributed by atoms with van der Waals surface area (Å²) in [7, 11) is 0. The molecule has 23 heavy (non-hydrogen) atoms. The fraction of sp³-hybridized carbons (Fsp3) is 0.526. The van der Waals surface area contributed by atoms with Crippen molar-refractivity contribution in [2.24, 2.45) is 0 Å². The molecule has 1 heterocycles. The van der Waals surface area contributed by atoms with Crippen molar-refractivity contribution >= 4 is 6.09 Å². The summed E-state index contributed by atoms with van der Waals surface area (Å²) in [5.41, 5.74) is -0.0762. The van der Waals surface area contributed by atoms with Gasteiger partial charge in [-0.1, -0.05) is 18.7 Å². The second kappa shape index (κ2) is 5.91. The van der Waals surface area contributed by atoms with Crippen molar-refractivity contribution in [1.29, 1.82) is 0 Å². The van der Waals surface area contributed by atoms with Crippen molar-refractivity contribution in [3.63, 3.8) is 0 Å². The minimum absolute atomic E-state index is 0.214. The number of alkyl carbamates (subject to hydrolysis) is 1. The smallest absolute Gasteiger partial charge is 0.408 e. The van der Waals surface area contributed by atoms with Gasteiger partial charge in [0.25, 0.3) is 0 Å². The van der Waals surface area contributed by atoms with Crippen LogP contribution in [-0.2, 0) is 11.2 Å². The van der Waals surface area contributed by atoms with E-state index in [0.29, 0.717) is 6.42 Å². The highest BCUT2D eigenvalue weighted by Crippen LogP contribution is 2.32. The Morgan fingerprint density at radius 3 is 2.43 bits per heavy atom. The molecule has 0 aliphatic carbocycles. The van der Waals surface area contributed by atoms with Crippen molar-refractivity contribution in [3.05, 3.63) is 42.5 Å². The summed E-state index contributed by atoms with van der Waals surface area (Å²) < 4.78 is 11.2. The van der Waals surface area contributed by atoms with Gasteiger partial charge in [0.2, 0.25) is 0 Å². The molecule has 1 saturated heterocycles. The van der Waals surface area contributed by atoms with E-state index in [2.05, 4.69) is 11.9 Å². The predicted octanol–water partition coefficient (Wildman–Crippen LogP) is 4.24. The highest BCUT2D eigenvalue weighted by Gasteiger charge is 2.42. The Labute approximate surface area is 138 Å². The minimum atomic E-state index is -0.633. The predicted molar refractivity (Wildman–Crippen MR) is 91.8 cm³/mol. The third-order valence-corrected chi connectivity index (χ3v) is 3.84. The topological polar surface area (TPSA) is 47.6 Å². The number of cyclic esters (lactones) is 1. The fourth-order valence-electron chi connectivity index (χ4n) is 3.04. The number of hydrogen-bond acceptors (Lipinski definition) is 3. The molecule has 4 nitrogen and oxygen atoms in total. The van der Waals surface area contributed by atoms with Gasteiger partial charge >= 0.3 is 6.09 Å². The molecule has 1 aromatic carbocycles. The maximum absolute atomic E-state index is 11.9. The third-order valence-electron chi connectivity index (χ3n) is 3.84. The van der Waals surface area contributed by atoms with E-state index in [1.54, 1.807) is 6.08 Å². The van der Waals surface area contributed by atoms with Gasteiger partial charge < -0.3 is 14.8 Å². The monoisotopic (exact) mass is 317 g/mol. The van der Waals surface area contributed by atoms with Crippen LogP contribution < -0.4 is 10.1 Å². The lowest BCUT2D eigenvalue weighted by Crippen LogP contribution is -2.58. The molecule has 0 spiro atoms. The van der Waals surface area contributed by atoms with E-state index in [-0.39, 0.29) is 11.1 Å². The van der Waals surface area contributed by atoms with Crippen LogP contribution in [0.2, 0.25) is 0 Å². The largest absolute Gasteiger partial charge is 0.488 e. The molecule has 0 saturated carbocycles. The maximum atomic E-state index is 11.9. The molecule has 1 aromatic rings. The molecule has 4 heteroatoms. The molecule has 1 fully saturated rings. The van der Waals surface area contributed by atoms with Gasteiger partial charge in [-0.2, -0.15) is 0 Å². The zero-order valence-electron chi connectivity index (χ0n) is 14.7. The molecule has 1 amide bonds. The summed E-state index contributed by atoms with van der Waals surface area (Å²) in [6.07, 6.45) is 2.70. The van der Waals surface area contributed by atoms with Crippen molar-refractivity contribution in [2.45, 2.75) is 64.2 Å². The molecule has 1 N–H and O–H groups in total. The van der Waals surface area contributed by atoms with E-state index in [4.69, 9.17) is 9.47 Å². The number of hydrogen-bond donors (Lipinski definition) is 1. The van der Waals surface area contributed by atoms with Gasteiger partial charge in [-0.05, 0) is 64.8 Å².